The molecule has 32 heavy (non-hydrogen) atoms. The zero-order valence-electron chi connectivity index (χ0n) is 20.4. The van der Waals surface area contributed by atoms with E-state index in [-0.39, 0.29) is 5.82 Å². The maximum absolute atomic E-state index is 11.5. The maximum Gasteiger partial charge on any atom is 0.373 e. The fourth-order valence-corrected chi connectivity index (χ4v) is 4.18. The van der Waals surface area contributed by atoms with Gasteiger partial charge in [-0.25, -0.2) is 14.8 Å². The van der Waals surface area contributed by atoms with E-state index in [9.17, 15) is 9.90 Å². The molecular weight excluding hydrogens is 396 g/mol. The van der Waals surface area contributed by atoms with E-state index in [1.165, 1.54) is 63.4 Å². The van der Waals surface area contributed by atoms with E-state index < -0.39 is 5.97 Å². The number of carboxylic acid groups (broad SMARTS) is 1. The van der Waals surface area contributed by atoms with E-state index in [2.05, 4.69) is 48.9 Å². The van der Waals surface area contributed by atoms with Gasteiger partial charge >= 0.3 is 5.97 Å². The highest BCUT2D eigenvalue weighted by atomic mass is 16.4. The third-order valence-corrected chi connectivity index (χ3v) is 6.39. The third kappa shape index (κ3) is 8.72. The van der Waals surface area contributed by atoms with Crippen molar-refractivity contribution >= 4 is 5.97 Å². The largest absolute Gasteiger partial charge is 0.475 e. The fourth-order valence-electron chi connectivity index (χ4n) is 4.18. The average molecular weight is 439 g/mol. The summed E-state index contributed by atoms with van der Waals surface area (Å²) >= 11 is 0. The first-order valence-electron chi connectivity index (χ1n) is 12.7. The number of aromatic carboxylic acids is 1. The van der Waals surface area contributed by atoms with Crippen molar-refractivity contribution in [1.82, 2.24) is 9.97 Å². The van der Waals surface area contributed by atoms with Gasteiger partial charge in [0.1, 0.15) is 0 Å². The molecule has 1 N–H and O–H groups in total. The van der Waals surface area contributed by atoms with Gasteiger partial charge < -0.3 is 5.11 Å². The summed E-state index contributed by atoms with van der Waals surface area (Å²) in [5.41, 5.74) is 4.15. The van der Waals surface area contributed by atoms with Gasteiger partial charge in [0.15, 0.2) is 0 Å². The van der Waals surface area contributed by atoms with Gasteiger partial charge in [0, 0.05) is 11.8 Å². The fraction of sp³-hybridized carbons (Fsp3) is 0.607. The van der Waals surface area contributed by atoms with Crippen molar-refractivity contribution in [3.8, 4) is 11.3 Å². The molecule has 1 aromatic heterocycles. The summed E-state index contributed by atoms with van der Waals surface area (Å²) in [4.78, 5) is 20.1. The molecule has 4 nitrogen and oxygen atoms in total. The van der Waals surface area contributed by atoms with Crippen LogP contribution < -0.4 is 0 Å². The number of nitrogens with zero attached hydrogens (tertiary/aromatic N) is 2. The summed E-state index contributed by atoms with van der Waals surface area (Å²) in [6, 6.07) is 8.30. The molecule has 2 rings (SSSR count). The van der Waals surface area contributed by atoms with Gasteiger partial charge in [0.25, 0.3) is 0 Å². The van der Waals surface area contributed by atoms with Gasteiger partial charge in [0.2, 0.25) is 5.82 Å². The molecule has 0 saturated heterocycles. The van der Waals surface area contributed by atoms with Crippen LogP contribution in [0.5, 0.6) is 0 Å². The average Bonchev–Trinajstić information content (AvgIpc) is 2.80. The van der Waals surface area contributed by atoms with Crippen molar-refractivity contribution in [2.75, 3.05) is 0 Å². The summed E-state index contributed by atoms with van der Waals surface area (Å²) in [6.45, 7) is 6.72. The van der Waals surface area contributed by atoms with E-state index >= 15 is 0 Å². The Bertz CT molecular complexity index is 819. The minimum Gasteiger partial charge on any atom is -0.475 e. The Balaban J connectivity index is 2.01. The Morgan fingerprint density at radius 3 is 2.16 bits per heavy atom. The molecule has 0 aliphatic heterocycles. The Morgan fingerprint density at radius 1 is 0.906 bits per heavy atom. The number of rotatable bonds is 16. The van der Waals surface area contributed by atoms with E-state index in [4.69, 9.17) is 0 Å². The number of unbranched alkanes of at least 4 members (excludes halogenated alkanes) is 9. The minimum atomic E-state index is -1.07. The predicted octanol–water partition coefficient (Wildman–Crippen LogP) is 7.89. The van der Waals surface area contributed by atoms with Gasteiger partial charge in [-0.2, -0.15) is 0 Å². The number of aromatic nitrogens is 2. The van der Waals surface area contributed by atoms with Gasteiger partial charge in [0.05, 0.1) is 5.69 Å². The lowest BCUT2D eigenvalue weighted by Crippen LogP contribution is -2.09. The highest BCUT2D eigenvalue weighted by Crippen LogP contribution is 2.29. The summed E-state index contributed by atoms with van der Waals surface area (Å²) in [5, 5.41) is 9.44. The van der Waals surface area contributed by atoms with Crippen LogP contribution in [0, 0.1) is 5.92 Å². The number of hydrogen-bond acceptors (Lipinski definition) is 3. The highest BCUT2D eigenvalue weighted by Gasteiger charge is 2.17. The van der Waals surface area contributed by atoms with Crippen LogP contribution in [0.25, 0.3) is 11.3 Å². The lowest BCUT2D eigenvalue weighted by molar-refractivity contribution is 0.0683. The second-order valence-electron chi connectivity index (χ2n) is 9.18. The zero-order valence-corrected chi connectivity index (χ0v) is 20.4. The topological polar surface area (TPSA) is 63.1 Å². The second-order valence-corrected chi connectivity index (χ2v) is 9.18. The molecule has 0 aliphatic rings. The van der Waals surface area contributed by atoms with E-state index in [1.807, 2.05) is 6.07 Å². The monoisotopic (exact) mass is 438 g/mol. The molecule has 0 radical (unpaired) electrons. The maximum atomic E-state index is 11.5. The minimum absolute atomic E-state index is 0.120. The van der Waals surface area contributed by atoms with E-state index in [1.54, 1.807) is 6.20 Å². The molecule has 1 aromatic carbocycles. The molecule has 4 heteroatoms. The van der Waals surface area contributed by atoms with Crippen LogP contribution in [0.4, 0.5) is 0 Å². The zero-order chi connectivity index (χ0) is 23.2. The van der Waals surface area contributed by atoms with Crippen molar-refractivity contribution in [3.05, 3.63) is 47.4 Å². The molecule has 0 amide bonds. The quantitative estimate of drug-likeness (QED) is 0.271. The summed E-state index contributed by atoms with van der Waals surface area (Å²) in [7, 11) is 0. The highest BCUT2D eigenvalue weighted by molar-refractivity contribution is 5.84. The van der Waals surface area contributed by atoms with E-state index in [0.717, 1.165) is 42.5 Å². The predicted molar refractivity (Wildman–Crippen MR) is 133 cm³/mol. The van der Waals surface area contributed by atoms with Gasteiger partial charge in [-0.1, -0.05) is 109 Å². The molecule has 0 spiro atoms. The Morgan fingerprint density at radius 2 is 1.53 bits per heavy atom. The molecular formula is C28H42N2O2. The lowest BCUT2D eigenvalue weighted by Gasteiger charge is -2.16. The number of aryl methyl sites for hydroxylation is 1. The van der Waals surface area contributed by atoms with Crippen LogP contribution in [0.2, 0.25) is 0 Å². The Labute approximate surface area is 194 Å². The SMILES string of the molecule is CCCCCCCCCCCCc1cnc(C(=O)O)nc1-c1ccccc1C[C@@H](C)CC. The summed E-state index contributed by atoms with van der Waals surface area (Å²) in [6.07, 6.45) is 17.7. The third-order valence-electron chi connectivity index (χ3n) is 6.39. The molecule has 0 fully saturated rings. The van der Waals surface area contributed by atoms with Crippen LogP contribution >= 0.6 is 0 Å². The molecule has 0 saturated carbocycles. The van der Waals surface area contributed by atoms with Gasteiger partial charge in [-0.3, -0.25) is 0 Å². The van der Waals surface area contributed by atoms with Crippen molar-refractivity contribution < 1.29 is 9.90 Å². The first-order chi connectivity index (χ1) is 15.6. The molecule has 0 bridgehead atoms. The Hall–Kier alpha value is -2.23. The second kappa shape index (κ2) is 14.8. The molecule has 2 aromatic rings. The van der Waals surface area contributed by atoms with Gasteiger partial charge in [-0.15, -0.1) is 0 Å². The first kappa shape index (κ1) is 26.0. The summed E-state index contributed by atoms with van der Waals surface area (Å²) in [5.74, 6) is -0.622. The van der Waals surface area contributed by atoms with Crippen LogP contribution in [0.15, 0.2) is 30.5 Å². The van der Waals surface area contributed by atoms with Crippen molar-refractivity contribution in [3.63, 3.8) is 0 Å². The molecule has 176 valence electrons. The standard InChI is InChI=1S/C28H42N2O2/c1-4-6-7-8-9-10-11-12-13-14-18-24-21-29-27(28(31)32)30-26(24)25-19-16-15-17-23(25)20-22(3)5-2/h15-17,19,21-22H,4-14,18,20H2,1-3H3,(H,31,32)/t22-/m0/s1. The van der Waals surface area contributed by atoms with Crippen LogP contribution in [0.3, 0.4) is 0 Å². The van der Waals surface area contributed by atoms with E-state index in [0.29, 0.717) is 5.92 Å². The molecule has 0 unspecified atom stereocenters. The number of hydrogen-bond donors (Lipinski definition) is 1. The Kier molecular flexibility index (Phi) is 12.0. The molecule has 0 aliphatic carbocycles. The number of benzene rings is 1. The number of carbonyl (C=O) groups is 1. The van der Waals surface area contributed by atoms with Crippen molar-refractivity contribution in [2.24, 2.45) is 5.92 Å². The van der Waals surface area contributed by atoms with Crippen LogP contribution in [-0.4, -0.2) is 21.0 Å². The van der Waals surface area contributed by atoms with Crippen LogP contribution in [0.1, 0.15) is 113 Å². The molecule has 1 heterocycles. The van der Waals surface area contributed by atoms with Gasteiger partial charge in [-0.05, 0) is 36.3 Å². The lowest BCUT2D eigenvalue weighted by atomic mass is 9.91. The number of carboxylic acids is 1. The smallest absolute Gasteiger partial charge is 0.373 e. The molecule has 1 atom stereocenters. The normalized spacial score (nSPS) is 12.1. The van der Waals surface area contributed by atoms with Crippen molar-refractivity contribution in [1.29, 1.82) is 0 Å². The summed E-state index contributed by atoms with van der Waals surface area (Å²) < 4.78 is 0. The first-order valence-corrected chi connectivity index (χ1v) is 12.7. The van der Waals surface area contributed by atoms with Crippen LogP contribution in [-0.2, 0) is 12.8 Å². The van der Waals surface area contributed by atoms with Crippen molar-refractivity contribution in [2.45, 2.75) is 104 Å².